The lowest BCUT2D eigenvalue weighted by Gasteiger charge is -2.12. The van der Waals surface area contributed by atoms with Crippen LogP contribution < -0.4 is 4.74 Å². The van der Waals surface area contributed by atoms with E-state index >= 15 is 0 Å². The molecule has 0 bridgehead atoms. The van der Waals surface area contributed by atoms with E-state index in [1.807, 2.05) is 0 Å². The standard InChI is InChI=1S/C9H10FN3O2/c1-15-9-4-6(10)2-3-7(9)8(5-14)12-13-11/h2-4,8,14H,5H2,1H3. The van der Waals surface area contributed by atoms with Crippen molar-refractivity contribution in [2.75, 3.05) is 13.7 Å². The number of ether oxygens (including phenoxy) is 1. The molecule has 5 nitrogen and oxygen atoms in total. The lowest BCUT2D eigenvalue weighted by atomic mass is 10.1. The second kappa shape index (κ2) is 5.19. The van der Waals surface area contributed by atoms with Crippen molar-refractivity contribution in [2.24, 2.45) is 5.11 Å². The molecule has 0 radical (unpaired) electrons. The monoisotopic (exact) mass is 211 g/mol. The Morgan fingerprint density at radius 2 is 2.40 bits per heavy atom. The van der Waals surface area contributed by atoms with Gasteiger partial charge in [-0.05, 0) is 11.6 Å². The highest BCUT2D eigenvalue weighted by Gasteiger charge is 2.14. The molecular formula is C9H10FN3O2. The van der Waals surface area contributed by atoms with Crippen molar-refractivity contribution < 1.29 is 14.2 Å². The molecule has 1 rings (SSSR count). The first-order valence-electron chi connectivity index (χ1n) is 4.21. The molecule has 0 spiro atoms. The summed E-state index contributed by atoms with van der Waals surface area (Å²) in [6.07, 6.45) is 0. The van der Waals surface area contributed by atoms with E-state index in [4.69, 9.17) is 15.4 Å². The van der Waals surface area contributed by atoms with Crippen molar-refractivity contribution in [3.05, 3.63) is 40.0 Å². The Labute approximate surface area is 85.7 Å². The molecule has 0 fully saturated rings. The van der Waals surface area contributed by atoms with Crippen LogP contribution in [0.3, 0.4) is 0 Å². The number of methoxy groups -OCH3 is 1. The first-order valence-corrected chi connectivity index (χ1v) is 4.21. The van der Waals surface area contributed by atoms with Crippen LogP contribution >= 0.6 is 0 Å². The zero-order chi connectivity index (χ0) is 11.3. The van der Waals surface area contributed by atoms with Crippen molar-refractivity contribution in [3.63, 3.8) is 0 Å². The van der Waals surface area contributed by atoms with Crippen LogP contribution in [0, 0.1) is 5.82 Å². The Bertz CT molecular complexity index is 391. The number of azide groups is 1. The molecule has 15 heavy (non-hydrogen) atoms. The molecule has 1 N–H and O–H groups in total. The molecule has 1 aromatic carbocycles. The van der Waals surface area contributed by atoms with Gasteiger partial charge in [0, 0.05) is 16.5 Å². The van der Waals surface area contributed by atoms with E-state index in [1.54, 1.807) is 0 Å². The van der Waals surface area contributed by atoms with E-state index in [1.165, 1.54) is 25.3 Å². The Balaban J connectivity index is 3.16. The summed E-state index contributed by atoms with van der Waals surface area (Å²) in [7, 11) is 1.38. The minimum Gasteiger partial charge on any atom is -0.496 e. The van der Waals surface area contributed by atoms with Crippen molar-refractivity contribution in [1.29, 1.82) is 0 Å². The highest BCUT2D eigenvalue weighted by Crippen LogP contribution is 2.28. The summed E-state index contributed by atoms with van der Waals surface area (Å²) in [6, 6.07) is 3.05. The average molecular weight is 211 g/mol. The topological polar surface area (TPSA) is 78.2 Å². The molecule has 0 saturated carbocycles. The number of hydrogen-bond donors (Lipinski definition) is 1. The molecule has 6 heteroatoms. The largest absolute Gasteiger partial charge is 0.496 e. The number of aliphatic hydroxyl groups excluding tert-OH is 1. The molecule has 0 aromatic heterocycles. The third kappa shape index (κ3) is 2.59. The molecule has 0 aliphatic heterocycles. The molecule has 1 aromatic rings. The highest BCUT2D eigenvalue weighted by molar-refractivity contribution is 5.36. The predicted octanol–water partition coefficient (Wildman–Crippen LogP) is 2.18. The number of benzene rings is 1. The second-order valence-corrected chi connectivity index (χ2v) is 2.79. The maximum Gasteiger partial charge on any atom is 0.126 e. The minimum absolute atomic E-state index is 0.251. The summed E-state index contributed by atoms with van der Waals surface area (Å²) in [5.41, 5.74) is 8.74. The van der Waals surface area contributed by atoms with Crippen LogP contribution in [0.4, 0.5) is 4.39 Å². The number of rotatable bonds is 4. The lowest BCUT2D eigenvalue weighted by molar-refractivity contribution is 0.264. The van der Waals surface area contributed by atoms with E-state index in [0.717, 1.165) is 0 Å². The molecule has 0 amide bonds. The quantitative estimate of drug-likeness (QED) is 0.470. The van der Waals surface area contributed by atoms with Gasteiger partial charge in [0.05, 0.1) is 19.8 Å². The van der Waals surface area contributed by atoms with Gasteiger partial charge in [-0.15, -0.1) is 0 Å². The molecule has 1 atom stereocenters. The van der Waals surface area contributed by atoms with Gasteiger partial charge >= 0.3 is 0 Å². The van der Waals surface area contributed by atoms with Gasteiger partial charge in [-0.25, -0.2) is 4.39 Å². The van der Waals surface area contributed by atoms with E-state index in [2.05, 4.69) is 10.0 Å². The fraction of sp³-hybridized carbons (Fsp3) is 0.333. The fourth-order valence-electron chi connectivity index (χ4n) is 1.22. The van der Waals surface area contributed by atoms with Gasteiger partial charge in [0.25, 0.3) is 0 Å². The third-order valence-corrected chi connectivity index (χ3v) is 1.92. The Hall–Kier alpha value is -1.78. The van der Waals surface area contributed by atoms with E-state index < -0.39 is 11.9 Å². The highest BCUT2D eigenvalue weighted by atomic mass is 19.1. The van der Waals surface area contributed by atoms with Gasteiger partial charge < -0.3 is 9.84 Å². The van der Waals surface area contributed by atoms with Crippen LogP contribution in [-0.2, 0) is 0 Å². The average Bonchev–Trinajstić information content (AvgIpc) is 2.26. The number of halogens is 1. The van der Waals surface area contributed by atoms with E-state index in [9.17, 15) is 4.39 Å². The van der Waals surface area contributed by atoms with Gasteiger partial charge in [-0.1, -0.05) is 11.2 Å². The van der Waals surface area contributed by atoms with Crippen LogP contribution in [0.5, 0.6) is 5.75 Å². The third-order valence-electron chi connectivity index (χ3n) is 1.92. The van der Waals surface area contributed by atoms with Gasteiger partial charge in [0.1, 0.15) is 11.6 Å². The summed E-state index contributed by atoms with van der Waals surface area (Å²) >= 11 is 0. The van der Waals surface area contributed by atoms with Crippen molar-refractivity contribution in [1.82, 2.24) is 0 Å². The van der Waals surface area contributed by atoms with E-state index in [-0.39, 0.29) is 12.4 Å². The van der Waals surface area contributed by atoms with Crippen LogP contribution in [0.15, 0.2) is 23.3 Å². The maximum absolute atomic E-state index is 12.8. The summed E-state index contributed by atoms with van der Waals surface area (Å²) in [5, 5.41) is 12.4. The predicted molar refractivity (Wildman–Crippen MR) is 51.9 cm³/mol. The minimum atomic E-state index is -0.759. The smallest absolute Gasteiger partial charge is 0.126 e. The van der Waals surface area contributed by atoms with Crippen molar-refractivity contribution in [2.45, 2.75) is 6.04 Å². The molecule has 0 heterocycles. The molecule has 0 aliphatic carbocycles. The maximum atomic E-state index is 12.8. The lowest BCUT2D eigenvalue weighted by Crippen LogP contribution is -2.03. The van der Waals surface area contributed by atoms with Crippen LogP contribution in [0.1, 0.15) is 11.6 Å². The molecule has 80 valence electrons. The summed E-state index contributed by atoms with van der Waals surface area (Å²) in [6.45, 7) is -0.355. The first-order chi connectivity index (χ1) is 7.22. The zero-order valence-corrected chi connectivity index (χ0v) is 8.09. The van der Waals surface area contributed by atoms with Crippen LogP contribution in [0.2, 0.25) is 0 Å². The summed E-state index contributed by atoms with van der Waals surface area (Å²) < 4.78 is 17.8. The second-order valence-electron chi connectivity index (χ2n) is 2.79. The van der Waals surface area contributed by atoms with E-state index in [0.29, 0.717) is 5.56 Å². The van der Waals surface area contributed by atoms with Crippen LogP contribution in [-0.4, -0.2) is 18.8 Å². The molecule has 1 unspecified atom stereocenters. The summed E-state index contributed by atoms with van der Waals surface area (Å²) in [5.74, 6) is -0.199. The van der Waals surface area contributed by atoms with Crippen molar-refractivity contribution >= 4 is 0 Å². The Kier molecular flexibility index (Phi) is 3.91. The summed E-state index contributed by atoms with van der Waals surface area (Å²) in [4.78, 5) is 2.60. The molecule has 0 saturated heterocycles. The normalized spacial score (nSPS) is 11.7. The number of aliphatic hydroxyl groups is 1. The Morgan fingerprint density at radius 1 is 1.67 bits per heavy atom. The van der Waals surface area contributed by atoms with Crippen LogP contribution in [0.25, 0.3) is 10.4 Å². The SMILES string of the molecule is COc1cc(F)ccc1C(CO)N=[N+]=[N-]. The number of hydrogen-bond acceptors (Lipinski definition) is 3. The van der Waals surface area contributed by atoms with Gasteiger partial charge in [-0.2, -0.15) is 0 Å². The first kappa shape index (κ1) is 11.3. The van der Waals surface area contributed by atoms with Crippen molar-refractivity contribution in [3.8, 4) is 5.75 Å². The number of nitrogens with zero attached hydrogens (tertiary/aromatic N) is 3. The van der Waals surface area contributed by atoms with Gasteiger partial charge in [0.2, 0.25) is 0 Å². The van der Waals surface area contributed by atoms with Gasteiger partial charge in [0.15, 0.2) is 0 Å². The zero-order valence-electron chi connectivity index (χ0n) is 8.09. The molecule has 0 aliphatic rings. The molecular weight excluding hydrogens is 201 g/mol. The van der Waals surface area contributed by atoms with Gasteiger partial charge in [-0.3, -0.25) is 0 Å². The fourth-order valence-corrected chi connectivity index (χ4v) is 1.22. The Morgan fingerprint density at radius 3 is 2.93 bits per heavy atom.